The first-order valence-corrected chi connectivity index (χ1v) is 8.79. The van der Waals surface area contributed by atoms with Crippen molar-refractivity contribution in [3.8, 4) is 5.75 Å². The summed E-state index contributed by atoms with van der Waals surface area (Å²) in [5, 5.41) is 2.45. The molecule has 1 aliphatic carbocycles. The van der Waals surface area contributed by atoms with Gasteiger partial charge in [-0.2, -0.15) is 13.2 Å². The van der Waals surface area contributed by atoms with E-state index < -0.39 is 52.0 Å². The summed E-state index contributed by atoms with van der Waals surface area (Å²) < 4.78 is 77.8. The number of nitrogens with zero attached hydrogens (tertiary/aromatic N) is 1. The van der Waals surface area contributed by atoms with Crippen molar-refractivity contribution in [2.75, 3.05) is 6.61 Å². The van der Waals surface area contributed by atoms with E-state index in [1.54, 1.807) is 0 Å². The molecular formula is C14H14ClF4N2O4S-. The summed E-state index contributed by atoms with van der Waals surface area (Å²) in [7, 11) is 0. The fourth-order valence-corrected chi connectivity index (χ4v) is 2.82. The first-order valence-electron chi connectivity index (χ1n) is 7.39. The molecule has 0 aliphatic heterocycles. The maximum atomic E-state index is 13.9. The van der Waals surface area contributed by atoms with Crippen LogP contribution in [-0.4, -0.2) is 44.0 Å². The van der Waals surface area contributed by atoms with Crippen LogP contribution in [0.5, 0.6) is 5.75 Å². The molecule has 1 saturated carbocycles. The lowest BCUT2D eigenvalue weighted by Crippen LogP contribution is -2.47. The average molecular weight is 418 g/mol. The van der Waals surface area contributed by atoms with Gasteiger partial charge in [0.2, 0.25) is 0 Å². The molecule has 1 amide bonds. The van der Waals surface area contributed by atoms with Crippen LogP contribution in [0.2, 0.25) is 5.02 Å². The summed E-state index contributed by atoms with van der Waals surface area (Å²) in [6.45, 7) is 0.146. The number of ether oxygens (including phenoxy) is 1. The van der Waals surface area contributed by atoms with E-state index in [9.17, 15) is 31.1 Å². The van der Waals surface area contributed by atoms with Gasteiger partial charge >= 0.3 is 6.30 Å². The van der Waals surface area contributed by atoms with Crippen LogP contribution in [0.25, 0.3) is 0 Å². The van der Waals surface area contributed by atoms with Crippen molar-refractivity contribution in [2.24, 2.45) is 0 Å². The summed E-state index contributed by atoms with van der Waals surface area (Å²) in [5.74, 6) is -2.07. The normalized spacial score (nSPS) is 17.1. The highest BCUT2D eigenvalue weighted by Gasteiger charge is 2.42. The van der Waals surface area contributed by atoms with E-state index in [0.29, 0.717) is 0 Å². The molecule has 0 heterocycles. The quantitative estimate of drug-likeness (QED) is 0.420. The third kappa shape index (κ3) is 5.29. The highest BCUT2D eigenvalue weighted by atomic mass is 35.5. The zero-order chi connectivity index (χ0) is 19.6. The van der Waals surface area contributed by atoms with Gasteiger partial charge in [-0.3, -0.25) is 9.00 Å². The molecule has 2 atom stereocenters. The van der Waals surface area contributed by atoms with E-state index in [4.69, 9.17) is 16.3 Å². The molecule has 6 nitrogen and oxygen atoms in total. The first kappa shape index (κ1) is 20.9. The second kappa shape index (κ2) is 8.07. The Morgan fingerprint density at radius 2 is 2.12 bits per heavy atom. The van der Waals surface area contributed by atoms with Gasteiger partial charge in [-0.25, -0.2) is 4.39 Å². The Balaban J connectivity index is 2.13. The number of carbonyl (C=O) groups excluding carboxylic acids is 1. The van der Waals surface area contributed by atoms with E-state index in [1.807, 2.05) is 0 Å². The second-order valence-electron chi connectivity index (χ2n) is 5.68. The number of nitrogens with one attached hydrogen (secondary N) is 1. The van der Waals surface area contributed by atoms with E-state index in [-0.39, 0.29) is 16.6 Å². The van der Waals surface area contributed by atoms with Crippen LogP contribution >= 0.6 is 11.6 Å². The van der Waals surface area contributed by atoms with Gasteiger partial charge in [0.25, 0.3) is 5.91 Å². The fourth-order valence-electron chi connectivity index (χ4n) is 2.06. The third-order valence-electron chi connectivity index (χ3n) is 3.47. The summed E-state index contributed by atoms with van der Waals surface area (Å²) in [4.78, 5) is 12.0. The molecule has 1 fully saturated rings. The van der Waals surface area contributed by atoms with Crippen LogP contribution in [0, 0.1) is 5.82 Å². The molecule has 26 heavy (non-hydrogen) atoms. The van der Waals surface area contributed by atoms with Crippen LogP contribution in [0.4, 0.5) is 17.6 Å². The molecule has 1 unspecified atom stereocenters. The van der Waals surface area contributed by atoms with Crippen molar-refractivity contribution in [2.45, 2.75) is 38.1 Å². The second-order valence-corrected chi connectivity index (χ2v) is 6.92. The van der Waals surface area contributed by atoms with Gasteiger partial charge in [-0.05, 0) is 31.9 Å². The largest absolute Gasteiger partial charge is 0.759 e. The van der Waals surface area contributed by atoms with Crippen molar-refractivity contribution in [1.82, 2.24) is 9.62 Å². The van der Waals surface area contributed by atoms with Gasteiger partial charge < -0.3 is 14.6 Å². The number of halogens is 5. The van der Waals surface area contributed by atoms with Crippen LogP contribution < -0.4 is 10.1 Å². The zero-order valence-electron chi connectivity index (χ0n) is 13.3. The van der Waals surface area contributed by atoms with E-state index >= 15 is 0 Å². The summed E-state index contributed by atoms with van der Waals surface area (Å²) in [5.41, 5.74) is -0.0947. The smallest absolute Gasteiger partial charge is 0.470 e. The highest BCUT2D eigenvalue weighted by Crippen LogP contribution is 2.29. The molecular weight excluding hydrogens is 404 g/mol. The molecule has 0 saturated heterocycles. The van der Waals surface area contributed by atoms with Crippen molar-refractivity contribution < 1.29 is 35.9 Å². The summed E-state index contributed by atoms with van der Waals surface area (Å²) in [6.07, 6.45) is -3.53. The van der Waals surface area contributed by atoms with Crippen LogP contribution in [0.3, 0.4) is 0 Å². The van der Waals surface area contributed by atoms with Crippen LogP contribution in [0.1, 0.15) is 30.1 Å². The number of rotatable bonds is 7. The van der Waals surface area contributed by atoms with Gasteiger partial charge in [0.15, 0.2) is 11.6 Å². The predicted molar refractivity (Wildman–Crippen MR) is 83.7 cm³/mol. The molecule has 0 bridgehead atoms. The molecule has 1 aromatic rings. The fraction of sp³-hybridized carbons (Fsp3) is 0.500. The highest BCUT2D eigenvalue weighted by molar-refractivity contribution is 7.76. The zero-order valence-corrected chi connectivity index (χ0v) is 14.9. The molecule has 1 N–H and O–H groups in total. The maximum absolute atomic E-state index is 13.9. The van der Waals surface area contributed by atoms with Crippen molar-refractivity contribution in [3.63, 3.8) is 0 Å². The van der Waals surface area contributed by atoms with Gasteiger partial charge in [0.1, 0.15) is 6.61 Å². The number of hydrogen-bond acceptors (Lipinski definition) is 4. The predicted octanol–water partition coefficient (Wildman–Crippen LogP) is 2.75. The van der Waals surface area contributed by atoms with E-state index in [1.165, 1.54) is 0 Å². The number of benzene rings is 1. The van der Waals surface area contributed by atoms with E-state index in [2.05, 4.69) is 5.32 Å². The molecule has 0 radical (unpaired) electrons. The average Bonchev–Trinajstić information content (AvgIpc) is 3.28. The molecule has 12 heteroatoms. The molecule has 1 aromatic carbocycles. The number of hydrogen-bond donors (Lipinski definition) is 1. The molecule has 1 aliphatic rings. The van der Waals surface area contributed by atoms with E-state index in [0.717, 1.165) is 31.9 Å². The van der Waals surface area contributed by atoms with Gasteiger partial charge in [0, 0.05) is 17.3 Å². The van der Waals surface area contributed by atoms with Gasteiger partial charge in [-0.1, -0.05) is 11.6 Å². The lowest BCUT2D eigenvalue weighted by atomic mass is 10.2. The number of amides is 1. The van der Waals surface area contributed by atoms with Crippen LogP contribution in [0.15, 0.2) is 12.1 Å². The van der Waals surface area contributed by atoms with Gasteiger partial charge in [0.05, 0.1) is 16.6 Å². The monoisotopic (exact) mass is 417 g/mol. The lowest BCUT2D eigenvalue weighted by Gasteiger charge is -2.31. The third-order valence-corrected chi connectivity index (χ3v) is 4.67. The molecule has 146 valence electrons. The van der Waals surface area contributed by atoms with Gasteiger partial charge in [-0.15, -0.1) is 4.31 Å². The standard InChI is InChI=1S/C14H15ClF4N2O4S/c1-7(21(26(23)24)14(17,18)19)6-25-12-4-9(10(15)5-11(12)16)13(22)20-8-2-3-8/h4-5,7-8H,2-3,6H2,1H3,(H,20,22)(H,23,24)/p-1/t7-/m0/s1. The minimum absolute atomic E-state index is 0.0142. The van der Waals surface area contributed by atoms with Crippen molar-refractivity contribution >= 4 is 28.8 Å². The Morgan fingerprint density at radius 3 is 2.62 bits per heavy atom. The Kier molecular flexibility index (Phi) is 6.48. The minimum atomic E-state index is -5.15. The first-order chi connectivity index (χ1) is 12.0. The molecule has 0 aromatic heterocycles. The van der Waals surface area contributed by atoms with Crippen LogP contribution in [-0.2, 0) is 11.3 Å². The lowest BCUT2D eigenvalue weighted by molar-refractivity contribution is -0.222. The number of carbonyl (C=O) groups is 1. The maximum Gasteiger partial charge on any atom is 0.470 e. The Labute approximate surface area is 153 Å². The van der Waals surface area contributed by atoms with Crippen molar-refractivity contribution in [1.29, 1.82) is 0 Å². The Hall–Kier alpha value is -1.43. The molecule has 0 spiro atoms. The SMILES string of the molecule is C[C@@H](COc1cc(C(=O)NC2CC2)c(Cl)cc1F)N(S(=O)[O-])C(F)(F)F. The molecule has 2 rings (SSSR count). The summed E-state index contributed by atoms with van der Waals surface area (Å²) in [6, 6.07) is 0.123. The minimum Gasteiger partial charge on any atom is -0.759 e. The van der Waals surface area contributed by atoms with Crippen molar-refractivity contribution in [3.05, 3.63) is 28.5 Å². The number of alkyl halides is 3. The summed E-state index contributed by atoms with van der Waals surface area (Å²) >= 11 is 2.24. The Morgan fingerprint density at radius 1 is 1.50 bits per heavy atom. The topological polar surface area (TPSA) is 81.7 Å². The Bertz CT molecular complexity index is 715.